The fourth-order valence-corrected chi connectivity index (χ4v) is 6.24. The highest BCUT2D eigenvalue weighted by molar-refractivity contribution is 7.99. The third kappa shape index (κ3) is 3.59. The first-order valence-corrected chi connectivity index (χ1v) is 11.3. The number of hydrogen-bond donors (Lipinski definition) is 0. The van der Waals surface area contributed by atoms with Crippen molar-refractivity contribution in [3.63, 3.8) is 0 Å². The average molecular weight is 394 g/mol. The maximum atomic E-state index is 12.9. The van der Waals surface area contributed by atoms with Crippen LogP contribution in [0.1, 0.15) is 30.7 Å². The van der Waals surface area contributed by atoms with Crippen molar-refractivity contribution < 1.29 is 4.74 Å². The topological polar surface area (TPSA) is 47.4 Å². The SMILES string of the molecule is CC(C)CN1CCOC(CSc2nc3sc4c(c3c(=O)n2C)CCC4)C1. The van der Waals surface area contributed by atoms with Gasteiger partial charge in [-0.1, -0.05) is 25.6 Å². The summed E-state index contributed by atoms with van der Waals surface area (Å²) in [5, 5.41) is 1.68. The van der Waals surface area contributed by atoms with Crippen molar-refractivity contribution in [2.75, 3.05) is 32.0 Å². The third-order valence-electron chi connectivity index (χ3n) is 5.15. The molecule has 1 atom stereocenters. The number of thioether (sulfide) groups is 1. The van der Waals surface area contributed by atoms with Crippen molar-refractivity contribution in [2.45, 2.75) is 44.4 Å². The van der Waals surface area contributed by atoms with Crippen molar-refractivity contribution in [1.29, 1.82) is 0 Å². The van der Waals surface area contributed by atoms with Gasteiger partial charge >= 0.3 is 0 Å². The Kier molecular flexibility index (Phi) is 5.41. The van der Waals surface area contributed by atoms with Crippen LogP contribution in [0, 0.1) is 5.92 Å². The molecule has 7 heteroatoms. The number of ether oxygens (including phenoxy) is 1. The van der Waals surface area contributed by atoms with Crippen LogP contribution in [-0.2, 0) is 24.6 Å². The smallest absolute Gasteiger partial charge is 0.262 e. The van der Waals surface area contributed by atoms with Gasteiger partial charge in [-0.3, -0.25) is 14.3 Å². The molecule has 3 heterocycles. The Morgan fingerprint density at radius 1 is 1.38 bits per heavy atom. The van der Waals surface area contributed by atoms with E-state index in [1.165, 1.54) is 16.9 Å². The molecule has 0 bridgehead atoms. The van der Waals surface area contributed by atoms with Crippen LogP contribution in [0.3, 0.4) is 0 Å². The van der Waals surface area contributed by atoms with Gasteiger partial charge in [-0.15, -0.1) is 11.3 Å². The fourth-order valence-electron chi connectivity index (χ4n) is 3.97. The molecule has 142 valence electrons. The number of rotatable bonds is 5. The minimum atomic E-state index is 0.114. The van der Waals surface area contributed by atoms with Crippen molar-refractivity contribution in [3.8, 4) is 0 Å². The molecule has 1 aliphatic heterocycles. The van der Waals surface area contributed by atoms with E-state index in [-0.39, 0.29) is 11.7 Å². The van der Waals surface area contributed by atoms with Crippen molar-refractivity contribution in [1.82, 2.24) is 14.5 Å². The van der Waals surface area contributed by atoms with E-state index >= 15 is 0 Å². The van der Waals surface area contributed by atoms with Crippen molar-refractivity contribution in [3.05, 3.63) is 20.8 Å². The van der Waals surface area contributed by atoms with E-state index in [2.05, 4.69) is 18.7 Å². The number of nitrogens with zero attached hydrogens (tertiary/aromatic N) is 3. The monoisotopic (exact) mass is 393 g/mol. The molecule has 1 saturated heterocycles. The molecule has 0 amide bonds. The highest BCUT2D eigenvalue weighted by Gasteiger charge is 2.24. The van der Waals surface area contributed by atoms with Crippen LogP contribution in [-0.4, -0.2) is 52.5 Å². The number of hydrogen-bond acceptors (Lipinski definition) is 6. The van der Waals surface area contributed by atoms with Crippen molar-refractivity contribution >= 4 is 33.3 Å². The predicted molar refractivity (Wildman–Crippen MR) is 109 cm³/mol. The Morgan fingerprint density at radius 2 is 2.23 bits per heavy atom. The van der Waals surface area contributed by atoms with Crippen LogP contribution in [0.2, 0.25) is 0 Å². The Hall–Kier alpha value is -0.890. The van der Waals surface area contributed by atoms with Crippen LogP contribution >= 0.6 is 23.1 Å². The van der Waals surface area contributed by atoms with E-state index < -0.39 is 0 Å². The van der Waals surface area contributed by atoms with Gasteiger partial charge in [0, 0.05) is 37.3 Å². The predicted octanol–water partition coefficient (Wildman–Crippen LogP) is 2.93. The summed E-state index contributed by atoms with van der Waals surface area (Å²) < 4.78 is 7.67. The van der Waals surface area contributed by atoms with Gasteiger partial charge in [0.15, 0.2) is 5.16 Å². The van der Waals surface area contributed by atoms with Gasteiger partial charge in [0.05, 0.1) is 18.1 Å². The molecule has 2 aromatic rings. The Balaban J connectivity index is 1.49. The Morgan fingerprint density at radius 3 is 3.04 bits per heavy atom. The summed E-state index contributed by atoms with van der Waals surface area (Å²) in [6.07, 6.45) is 3.50. The molecule has 0 saturated carbocycles. The van der Waals surface area contributed by atoms with Gasteiger partial charge in [0.1, 0.15) is 4.83 Å². The zero-order chi connectivity index (χ0) is 18.3. The van der Waals surface area contributed by atoms with Gasteiger partial charge in [0.2, 0.25) is 0 Å². The molecule has 4 rings (SSSR count). The second kappa shape index (κ2) is 7.62. The highest BCUT2D eigenvalue weighted by atomic mass is 32.2. The minimum Gasteiger partial charge on any atom is -0.375 e. The molecule has 0 radical (unpaired) electrons. The molecule has 0 N–H and O–H groups in total. The first-order valence-electron chi connectivity index (χ1n) is 9.51. The lowest BCUT2D eigenvalue weighted by Crippen LogP contribution is -2.44. The largest absolute Gasteiger partial charge is 0.375 e. The summed E-state index contributed by atoms with van der Waals surface area (Å²) in [7, 11) is 1.85. The van der Waals surface area contributed by atoms with E-state index in [0.717, 1.165) is 60.2 Å². The molecular weight excluding hydrogens is 366 g/mol. The molecule has 2 aliphatic rings. The van der Waals surface area contributed by atoms with Gasteiger partial charge < -0.3 is 4.74 Å². The van der Waals surface area contributed by atoms with Crippen LogP contribution < -0.4 is 5.56 Å². The number of morpholine rings is 1. The maximum absolute atomic E-state index is 12.9. The van der Waals surface area contributed by atoms with Gasteiger partial charge in [0.25, 0.3) is 5.56 Å². The zero-order valence-corrected chi connectivity index (χ0v) is 17.4. The molecule has 0 spiro atoms. The van der Waals surface area contributed by atoms with Gasteiger partial charge in [-0.2, -0.15) is 0 Å². The fraction of sp³-hybridized carbons (Fsp3) is 0.684. The molecule has 1 fully saturated rings. The third-order valence-corrected chi connectivity index (χ3v) is 7.50. The Labute approximate surface area is 162 Å². The lowest BCUT2D eigenvalue weighted by molar-refractivity contribution is -0.0191. The second-order valence-corrected chi connectivity index (χ2v) is 9.82. The highest BCUT2D eigenvalue weighted by Crippen LogP contribution is 2.35. The molecular formula is C19H27N3O2S2. The molecule has 1 aliphatic carbocycles. The summed E-state index contributed by atoms with van der Waals surface area (Å²) in [5.41, 5.74) is 1.37. The number of thiophene rings is 1. The summed E-state index contributed by atoms with van der Waals surface area (Å²) in [6, 6.07) is 0. The van der Waals surface area contributed by atoms with Crippen LogP contribution in [0.5, 0.6) is 0 Å². The van der Waals surface area contributed by atoms with Gasteiger partial charge in [-0.05, 0) is 30.7 Å². The summed E-state index contributed by atoms with van der Waals surface area (Å²) in [5.74, 6) is 1.51. The number of aryl methyl sites for hydroxylation is 2. The van der Waals surface area contributed by atoms with E-state index in [9.17, 15) is 4.79 Å². The van der Waals surface area contributed by atoms with E-state index in [0.29, 0.717) is 5.92 Å². The van der Waals surface area contributed by atoms with Crippen LogP contribution in [0.4, 0.5) is 0 Å². The normalized spacial score (nSPS) is 21.0. The molecule has 1 unspecified atom stereocenters. The summed E-state index contributed by atoms with van der Waals surface area (Å²) in [6.45, 7) is 8.41. The standard InChI is InChI=1S/C19H27N3O2S2/c1-12(2)9-22-7-8-24-13(10-22)11-25-19-20-17-16(18(23)21(19)3)14-5-4-6-15(14)26-17/h12-13H,4-11H2,1-3H3. The van der Waals surface area contributed by atoms with Gasteiger partial charge in [-0.25, -0.2) is 4.98 Å². The van der Waals surface area contributed by atoms with E-state index in [1.54, 1.807) is 27.7 Å². The lowest BCUT2D eigenvalue weighted by Gasteiger charge is -2.33. The van der Waals surface area contributed by atoms with Crippen LogP contribution in [0.25, 0.3) is 10.2 Å². The summed E-state index contributed by atoms with van der Waals surface area (Å²) >= 11 is 3.37. The maximum Gasteiger partial charge on any atom is 0.262 e. The molecule has 26 heavy (non-hydrogen) atoms. The van der Waals surface area contributed by atoms with Crippen LogP contribution in [0.15, 0.2) is 9.95 Å². The molecule has 0 aromatic carbocycles. The minimum absolute atomic E-state index is 0.114. The van der Waals surface area contributed by atoms with Crippen molar-refractivity contribution in [2.24, 2.45) is 13.0 Å². The summed E-state index contributed by atoms with van der Waals surface area (Å²) in [4.78, 5) is 22.5. The molecule has 2 aromatic heterocycles. The molecule has 5 nitrogen and oxygen atoms in total. The average Bonchev–Trinajstić information content (AvgIpc) is 3.17. The first-order chi connectivity index (χ1) is 12.5. The second-order valence-electron chi connectivity index (χ2n) is 7.75. The lowest BCUT2D eigenvalue weighted by atomic mass is 10.2. The Bertz CT molecular complexity index is 859. The number of fused-ring (bicyclic) bond motifs is 3. The quantitative estimate of drug-likeness (QED) is 0.577. The zero-order valence-electron chi connectivity index (χ0n) is 15.8. The first kappa shape index (κ1) is 18.5. The van der Waals surface area contributed by atoms with E-state index in [4.69, 9.17) is 9.72 Å². The van der Waals surface area contributed by atoms with E-state index in [1.807, 2.05) is 7.05 Å². The number of aromatic nitrogens is 2.